The van der Waals surface area contributed by atoms with Crippen LogP contribution < -0.4 is 20.2 Å². The van der Waals surface area contributed by atoms with Gasteiger partial charge in [0.2, 0.25) is 0 Å². The molecule has 0 spiro atoms. The van der Waals surface area contributed by atoms with Gasteiger partial charge in [-0.2, -0.15) is 5.10 Å². The molecule has 0 heterocycles. The Kier molecular flexibility index (Phi) is 8.22. The minimum Gasteiger partial charge on any atom is -0.494 e. The summed E-state index contributed by atoms with van der Waals surface area (Å²) >= 11 is 5.87. The molecule has 2 amide bonds. The number of hydrogen-bond donors (Lipinski definition) is 2. The van der Waals surface area contributed by atoms with E-state index in [9.17, 15) is 9.59 Å². The van der Waals surface area contributed by atoms with Crippen LogP contribution in [0.4, 0.5) is 5.69 Å². The van der Waals surface area contributed by atoms with Crippen LogP contribution in [0.2, 0.25) is 5.02 Å². The number of amides is 2. The summed E-state index contributed by atoms with van der Waals surface area (Å²) in [6.45, 7) is 2.85. The van der Waals surface area contributed by atoms with E-state index in [-0.39, 0.29) is 0 Å². The van der Waals surface area contributed by atoms with Crippen molar-refractivity contribution in [1.82, 2.24) is 5.43 Å². The van der Waals surface area contributed by atoms with Crippen molar-refractivity contribution in [3.05, 3.63) is 88.9 Å². The number of benzene rings is 3. The van der Waals surface area contributed by atoms with Gasteiger partial charge in [-0.05, 0) is 78.7 Å². The number of anilines is 1. The monoisotopic (exact) mass is 451 g/mol. The van der Waals surface area contributed by atoms with Gasteiger partial charge in [-0.3, -0.25) is 9.59 Å². The zero-order valence-corrected chi connectivity index (χ0v) is 18.1. The van der Waals surface area contributed by atoms with E-state index in [0.29, 0.717) is 35.4 Å². The number of carbonyl (C=O) groups is 2. The lowest BCUT2D eigenvalue weighted by molar-refractivity contribution is -0.136. The molecule has 0 atom stereocenters. The first-order valence-corrected chi connectivity index (χ1v) is 10.3. The second-order valence-corrected chi connectivity index (χ2v) is 7.03. The predicted molar refractivity (Wildman–Crippen MR) is 124 cm³/mol. The second-order valence-electron chi connectivity index (χ2n) is 6.59. The Morgan fingerprint density at radius 2 is 1.50 bits per heavy atom. The van der Waals surface area contributed by atoms with E-state index >= 15 is 0 Å². The van der Waals surface area contributed by atoms with Crippen LogP contribution in [0.25, 0.3) is 0 Å². The summed E-state index contributed by atoms with van der Waals surface area (Å²) in [5, 5.41) is 6.99. The third-order valence-electron chi connectivity index (χ3n) is 4.21. The summed E-state index contributed by atoms with van der Waals surface area (Å²) in [6.07, 6.45) is 1.44. The molecule has 0 aliphatic rings. The SMILES string of the molecule is CCOc1ccc(NC(=O)C(=O)N/N=C\c2ccc(OCc3ccc(Cl)cc3)cc2)cc1. The maximum absolute atomic E-state index is 12.0. The molecule has 3 aromatic rings. The van der Waals surface area contributed by atoms with Crippen LogP contribution in [0, 0.1) is 0 Å². The predicted octanol–water partition coefficient (Wildman–Crippen LogP) is 4.41. The molecular formula is C24H22ClN3O4. The Morgan fingerprint density at radius 1 is 0.875 bits per heavy atom. The number of nitrogens with zero attached hydrogens (tertiary/aromatic N) is 1. The minimum absolute atomic E-state index is 0.421. The van der Waals surface area contributed by atoms with E-state index in [1.165, 1.54) is 6.21 Å². The molecule has 7 nitrogen and oxygen atoms in total. The number of ether oxygens (including phenoxy) is 2. The van der Waals surface area contributed by atoms with Crippen LogP contribution in [0.1, 0.15) is 18.1 Å². The highest BCUT2D eigenvalue weighted by Gasteiger charge is 2.12. The fraction of sp³-hybridized carbons (Fsp3) is 0.125. The molecule has 0 fully saturated rings. The molecule has 0 saturated heterocycles. The van der Waals surface area contributed by atoms with Gasteiger partial charge in [0.15, 0.2) is 0 Å². The first-order valence-electron chi connectivity index (χ1n) is 9.88. The van der Waals surface area contributed by atoms with Crippen molar-refractivity contribution < 1.29 is 19.1 Å². The Labute approximate surface area is 191 Å². The molecule has 0 aromatic heterocycles. The number of nitrogens with one attached hydrogen (secondary N) is 2. The summed E-state index contributed by atoms with van der Waals surface area (Å²) in [4.78, 5) is 23.9. The van der Waals surface area contributed by atoms with Crippen LogP contribution in [0.3, 0.4) is 0 Å². The average molecular weight is 452 g/mol. The zero-order valence-electron chi connectivity index (χ0n) is 17.4. The lowest BCUT2D eigenvalue weighted by Crippen LogP contribution is -2.32. The average Bonchev–Trinajstić information content (AvgIpc) is 2.81. The molecule has 8 heteroatoms. The molecule has 2 N–H and O–H groups in total. The number of halogens is 1. The van der Waals surface area contributed by atoms with E-state index < -0.39 is 11.8 Å². The zero-order chi connectivity index (χ0) is 22.8. The number of hydrazone groups is 1. The fourth-order valence-electron chi connectivity index (χ4n) is 2.60. The fourth-order valence-corrected chi connectivity index (χ4v) is 2.73. The molecule has 0 unspecified atom stereocenters. The third-order valence-corrected chi connectivity index (χ3v) is 4.46. The molecule has 0 aliphatic carbocycles. The minimum atomic E-state index is -0.877. The summed E-state index contributed by atoms with van der Waals surface area (Å²) in [5.74, 6) is -0.327. The summed E-state index contributed by atoms with van der Waals surface area (Å²) in [7, 11) is 0. The molecule has 0 aliphatic heterocycles. The molecule has 0 radical (unpaired) electrons. The Morgan fingerprint density at radius 3 is 2.16 bits per heavy atom. The van der Waals surface area contributed by atoms with Crippen LogP contribution >= 0.6 is 11.6 Å². The van der Waals surface area contributed by atoms with Crippen molar-refractivity contribution in [3.63, 3.8) is 0 Å². The van der Waals surface area contributed by atoms with Crippen LogP contribution in [0.15, 0.2) is 77.9 Å². The number of rotatable bonds is 8. The normalized spacial score (nSPS) is 10.6. The van der Waals surface area contributed by atoms with Crippen molar-refractivity contribution in [3.8, 4) is 11.5 Å². The van der Waals surface area contributed by atoms with E-state index in [2.05, 4.69) is 15.8 Å². The maximum Gasteiger partial charge on any atom is 0.329 e. The number of carbonyl (C=O) groups excluding carboxylic acids is 2. The quantitative estimate of drug-likeness (QED) is 0.301. The molecular weight excluding hydrogens is 430 g/mol. The standard InChI is InChI=1S/C24H22ClN3O4/c1-2-31-21-13-9-20(10-14-21)27-23(29)24(30)28-26-15-17-5-11-22(12-6-17)32-16-18-3-7-19(25)8-4-18/h3-15H,2,16H2,1H3,(H,27,29)(H,28,30)/b26-15-. The van der Waals surface area contributed by atoms with Crippen LogP contribution in [-0.4, -0.2) is 24.6 Å². The Hall–Kier alpha value is -3.84. The Bertz CT molecular complexity index is 1070. The van der Waals surface area contributed by atoms with Gasteiger partial charge in [0.25, 0.3) is 0 Å². The third kappa shape index (κ3) is 7.14. The van der Waals surface area contributed by atoms with Gasteiger partial charge in [0.1, 0.15) is 18.1 Å². The molecule has 0 saturated carbocycles. The van der Waals surface area contributed by atoms with Crippen LogP contribution in [0.5, 0.6) is 11.5 Å². The summed E-state index contributed by atoms with van der Waals surface area (Å²) in [6, 6.07) is 21.3. The smallest absolute Gasteiger partial charge is 0.329 e. The summed E-state index contributed by atoms with van der Waals surface area (Å²) < 4.78 is 11.1. The molecule has 3 aromatic carbocycles. The van der Waals surface area contributed by atoms with Gasteiger partial charge in [-0.25, -0.2) is 5.43 Å². The van der Waals surface area contributed by atoms with Gasteiger partial charge in [-0.1, -0.05) is 23.7 Å². The van der Waals surface area contributed by atoms with Crippen molar-refractivity contribution in [2.75, 3.05) is 11.9 Å². The number of hydrogen-bond acceptors (Lipinski definition) is 5. The highest BCUT2D eigenvalue weighted by Crippen LogP contribution is 2.16. The maximum atomic E-state index is 12.0. The van der Waals surface area contributed by atoms with E-state index in [0.717, 1.165) is 11.1 Å². The summed E-state index contributed by atoms with van der Waals surface area (Å²) in [5.41, 5.74) is 4.42. The highest BCUT2D eigenvalue weighted by atomic mass is 35.5. The van der Waals surface area contributed by atoms with Crippen LogP contribution in [-0.2, 0) is 16.2 Å². The second kappa shape index (κ2) is 11.5. The van der Waals surface area contributed by atoms with Gasteiger partial charge < -0.3 is 14.8 Å². The van der Waals surface area contributed by atoms with E-state index in [4.69, 9.17) is 21.1 Å². The van der Waals surface area contributed by atoms with E-state index in [1.54, 1.807) is 48.5 Å². The van der Waals surface area contributed by atoms with Crippen molar-refractivity contribution in [1.29, 1.82) is 0 Å². The molecule has 32 heavy (non-hydrogen) atoms. The first-order chi connectivity index (χ1) is 15.5. The first kappa shape index (κ1) is 22.8. The lowest BCUT2D eigenvalue weighted by atomic mass is 10.2. The van der Waals surface area contributed by atoms with E-state index in [1.807, 2.05) is 31.2 Å². The molecule has 0 bridgehead atoms. The van der Waals surface area contributed by atoms with Crippen molar-refractivity contribution in [2.24, 2.45) is 5.10 Å². The molecule has 3 rings (SSSR count). The van der Waals surface area contributed by atoms with Gasteiger partial charge in [-0.15, -0.1) is 0 Å². The van der Waals surface area contributed by atoms with Gasteiger partial charge in [0.05, 0.1) is 12.8 Å². The Balaban J connectivity index is 1.44. The van der Waals surface area contributed by atoms with Crippen molar-refractivity contribution in [2.45, 2.75) is 13.5 Å². The lowest BCUT2D eigenvalue weighted by Gasteiger charge is -2.07. The van der Waals surface area contributed by atoms with Gasteiger partial charge >= 0.3 is 11.8 Å². The largest absolute Gasteiger partial charge is 0.494 e. The topological polar surface area (TPSA) is 89.0 Å². The highest BCUT2D eigenvalue weighted by molar-refractivity contribution is 6.39. The van der Waals surface area contributed by atoms with Crippen molar-refractivity contribution >= 4 is 35.3 Å². The molecule has 164 valence electrons. The van der Waals surface area contributed by atoms with Gasteiger partial charge in [0, 0.05) is 10.7 Å².